The number of hydrogen-bond donors (Lipinski definition) is 1. The number of benzene rings is 2. The second-order valence-electron chi connectivity index (χ2n) is 7.22. The van der Waals surface area contributed by atoms with Crippen LogP contribution in [-0.2, 0) is 14.8 Å². The molecule has 0 radical (unpaired) electrons. The number of methoxy groups -OCH3 is 2. The largest absolute Gasteiger partial charge is 0.497 e. The first-order chi connectivity index (χ1) is 15.4. The Balaban J connectivity index is 1.83. The lowest BCUT2D eigenvalue weighted by atomic mass is 10.1. The molecule has 8 nitrogen and oxygen atoms in total. The molecule has 0 bridgehead atoms. The van der Waals surface area contributed by atoms with E-state index in [4.69, 9.17) is 9.47 Å². The molecule has 1 aliphatic heterocycles. The van der Waals surface area contributed by atoms with Gasteiger partial charge in [-0.05, 0) is 49.2 Å². The van der Waals surface area contributed by atoms with Crippen LogP contribution in [0.4, 0.5) is 5.69 Å². The molecule has 3 rings (SSSR count). The number of rotatable bonds is 7. The van der Waals surface area contributed by atoms with Gasteiger partial charge >= 0.3 is 0 Å². The Kier molecular flexibility index (Phi) is 7.51. The van der Waals surface area contributed by atoms with E-state index >= 15 is 0 Å². The average molecular weight is 456 g/mol. The summed E-state index contributed by atoms with van der Waals surface area (Å²) in [7, 11) is -0.632. The van der Waals surface area contributed by atoms with E-state index in [-0.39, 0.29) is 16.2 Å². The van der Waals surface area contributed by atoms with Crippen LogP contribution in [0.5, 0.6) is 11.5 Å². The van der Waals surface area contributed by atoms with Crippen LogP contribution in [0.15, 0.2) is 52.9 Å². The summed E-state index contributed by atoms with van der Waals surface area (Å²) in [5.74, 6) is 0.367. The van der Waals surface area contributed by atoms with E-state index in [0.717, 1.165) is 19.3 Å². The zero-order valence-corrected chi connectivity index (χ0v) is 18.8. The van der Waals surface area contributed by atoms with Gasteiger partial charge in [0.1, 0.15) is 23.1 Å². The number of sulfonamides is 1. The van der Waals surface area contributed by atoms with Gasteiger partial charge in [-0.15, -0.1) is 0 Å². The Morgan fingerprint density at radius 1 is 1.09 bits per heavy atom. The highest BCUT2D eigenvalue weighted by atomic mass is 32.2. The summed E-state index contributed by atoms with van der Waals surface area (Å²) in [6.07, 6.45) is 4.09. The Labute approximate surface area is 188 Å². The normalized spacial score (nSPS) is 15.0. The minimum absolute atomic E-state index is 0.108. The number of anilines is 1. The lowest BCUT2D eigenvalue weighted by Gasteiger charge is -2.26. The molecule has 0 saturated carbocycles. The molecule has 0 aromatic heterocycles. The van der Waals surface area contributed by atoms with Crippen molar-refractivity contribution >= 4 is 27.7 Å². The summed E-state index contributed by atoms with van der Waals surface area (Å²) in [4.78, 5) is 12.8. The fraction of sp³-hybridized carbons (Fsp3) is 0.304. The maximum atomic E-state index is 12.9. The third kappa shape index (κ3) is 5.28. The molecule has 0 unspecified atom stereocenters. The fourth-order valence-corrected chi connectivity index (χ4v) is 4.99. The Morgan fingerprint density at radius 3 is 2.50 bits per heavy atom. The van der Waals surface area contributed by atoms with Crippen LogP contribution < -0.4 is 14.8 Å². The van der Waals surface area contributed by atoms with Gasteiger partial charge in [0, 0.05) is 30.4 Å². The van der Waals surface area contributed by atoms with Crippen LogP contribution in [0.3, 0.4) is 0 Å². The molecule has 1 amide bonds. The Hall–Kier alpha value is -3.35. The van der Waals surface area contributed by atoms with Gasteiger partial charge in [0.15, 0.2) is 0 Å². The molecule has 1 N–H and O–H groups in total. The lowest BCUT2D eigenvalue weighted by molar-refractivity contribution is -0.112. The molecule has 0 atom stereocenters. The van der Waals surface area contributed by atoms with E-state index in [0.29, 0.717) is 30.2 Å². The van der Waals surface area contributed by atoms with Crippen LogP contribution in [0.1, 0.15) is 24.8 Å². The van der Waals surface area contributed by atoms with E-state index in [9.17, 15) is 18.5 Å². The topological polar surface area (TPSA) is 109 Å². The summed E-state index contributed by atoms with van der Waals surface area (Å²) in [6, 6.07) is 12.9. The molecule has 1 fully saturated rings. The van der Waals surface area contributed by atoms with E-state index in [2.05, 4.69) is 5.32 Å². The van der Waals surface area contributed by atoms with Gasteiger partial charge < -0.3 is 14.8 Å². The van der Waals surface area contributed by atoms with Gasteiger partial charge in [-0.3, -0.25) is 4.79 Å². The predicted molar refractivity (Wildman–Crippen MR) is 121 cm³/mol. The smallest absolute Gasteiger partial charge is 0.266 e. The van der Waals surface area contributed by atoms with Crippen molar-refractivity contribution in [3.8, 4) is 17.6 Å². The number of nitrogens with one attached hydrogen (secondary N) is 1. The minimum atomic E-state index is -3.64. The lowest BCUT2D eigenvalue weighted by Crippen LogP contribution is -2.35. The predicted octanol–water partition coefficient (Wildman–Crippen LogP) is 3.42. The van der Waals surface area contributed by atoms with Crippen molar-refractivity contribution in [2.24, 2.45) is 0 Å². The highest BCUT2D eigenvalue weighted by molar-refractivity contribution is 7.89. The summed E-state index contributed by atoms with van der Waals surface area (Å²) in [5.41, 5.74) is 0.662. The van der Waals surface area contributed by atoms with Gasteiger partial charge in [0.05, 0.1) is 19.1 Å². The summed E-state index contributed by atoms with van der Waals surface area (Å²) in [5, 5.41) is 12.1. The maximum Gasteiger partial charge on any atom is 0.266 e. The first kappa shape index (κ1) is 23.3. The fourth-order valence-electron chi connectivity index (χ4n) is 3.43. The molecule has 1 heterocycles. The molecule has 168 valence electrons. The van der Waals surface area contributed by atoms with Crippen LogP contribution in [0.25, 0.3) is 6.08 Å². The number of nitrogens with zero attached hydrogens (tertiary/aromatic N) is 2. The molecule has 1 aliphatic rings. The van der Waals surface area contributed by atoms with Gasteiger partial charge in [-0.1, -0.05) is 12.5 Å². The monoisotopic (exact) mass is 455 g/mol. The zero-order valence-electron chi connectivity index (χ0n) is 18.0. The molecule has 9 heteroatoms. The quantitative estimate of drug-likeness (QED) is 0.506. The van der Waals surface area contributed by atoms with E-state index < -0.39 is 15.9 Å². The van der Waals surface area contributed by atoms with Crippen molar-refractivity contribution in [2.75, 3.05) is 32.6 Å². The molecule has 2 aromatic rings. The van der Waals surface area contributed by atoms with Crippen molar-refractivity contribution in [2.45, 2.75) is 24.2 Å². The van der Waals surface area contributed by atoms with Crippen LogP contribution >= 0.6 is 0 Å². The first-order valence-corrected chi connectivity index (χ1v) is 11.6. The number of carbonyl (C=O) groups excluding carboxylic acids is 1. The Morgan fingerprint density at radius 2 is 1.84 bits per heavy atom. The van der Waals surface area contributed by atoms with E-state index in [1.165, 1.54) is 36.7 Å². The number of piperidine rings is 1. The molecule has 0 spiro atoms. The van der Waals surface area contributed by atoms with Crippen LogP contribution in [0, 0.1) is 11.3 Å². The van der Waals surface area contributed by atoms with Crippen molar-refractivity contribution in [1.82, 2.24) is 4.31 Å². The molecule has 1 saturated heterocycles. The number of amides is 1. The standard InChI is InChI=1S/C23H25N3O5S/c1-30-20-10-9-17(22(15-20)31-2)13-18(16-24)23(27)25-19-7-6-8-21(14-19)32(28,29)26-11-4-3-5-12-26/h6-10,13-15H,3-5,11-12H2,1-2H3,(H,25,27)/b18-13+. The molecule has 2 aromatic carbocycles. The van der Waals surface area contributed by atoms with Crippen molar-refractivity contribution < 1.29 is 22.7 Å². The second kappa shape index (κ2) is 10.3. The van der Waals surface area contributed by atoms with Gasteiger partial charge in [0.2, 0.25) is 10.0 Å². The van der Waals surface area contributed by atoms with Crippen LogP contribution in [-0.4, -0.2) is 45.9 Å². The van der Waals surface area contributed by atoms with Gasteiger partial charge in [-0.25, -0.2) is 8.42 Å². The molecular weight excluding hydrogens is 430 g/mol. The number of nitriles is 1. The SMILES string of the molecule is COc1ccc(/C=C(\C#N)C(=O)Nc2cccc(S(=O)(=O)N3CCCCC3)c2)c(OC)c1. The average Bonchev–Trinajstić information content (AvgIpc) is 2.83. The number of ether oxygens (including phenoxy) is 2. The van der Waals surface area contributed by atoms with E-state index in [1.54, 1.807) is 30.3 Å². The summed E-state index contributed by atoms with van der Waals surface area (Å²) in [6.45, 7) is 0.980. The summed E-state index contributed by atoms with van der Waals surface area (Å²) < 4.78 is 37.7. The first-order valence-electron chi connectivity index (χ1n) is 10.1. The number of hydrogen-bond acceptors (Lipinski definition) is 6. The Bertz CT molecular complexity index is 1160. The highest BCUT2D eigenvalue weighted by Crippen LogP contribution is 2.27. The van der Waals surface area contributed by atoms with Crippen molar-refractivity contribution in [3.05, 3.63) is 53.6 Å². The van der Waals surface area contributed by atoms with Crippen LogP contribution in [0.2, 0.25) is 0 Å². The maximum absolute atomic E-state index is 12.9. The zero-order chi connectivity index (χ0) is 23.1. The summed E-state index contributed by atoms with van der Waals surface area (Å²) >= 11 is 0. The molecular formula is C23H25N3O5S. The molecule has 0 aliphatic carbocycles. The highest BCUT2D eigenvalue weighted by Gasteiger charge is 2.26. The third-order valence-corrected chi connectivity index (χ3v) is 7.04. The second-order valence-corrected chi connectivity index (χ2v) is 9.16. The number of carbonyl (C=O) groups is 1. The van der Waals surface area contributed by atoms with Crippen molar-refractivity contribution in [1.29, 1.82) is 5.26 Å². The minimum Gasteiger partial charge on any atom is -0.497 e. The third-order valence-electron chi connectivity index (χ3n) is 5.15. The van der Waals surface area contributed by atoms with Gasteiger partial charge in [0.25, 0.3) is 5.91 Å². The van der Waals surface area contributed by atoms with Crippen molar-refractivity contribution in [3.63, 3.8) is 0 Å². The molecule has 32 heavy (non-hydrogen) atoms. The van der Waals surface area contributed by atoms with E-state index in [1.807, 2.05) is 6.07 Å². The van der Waals surface area contributed by atoms with Gasteiger partial charge in [-0.2, -0.15) is 9.57 Å².